The summed E-state index contributed by atoms with van der Waals surface area (Å²) in [5.41, 5.74) is 8.46. The molecule has 0 spiro atoms. The average molecular weight is 462 g/mol. The molecule has 0 aliphatic carbocycles. The Labute approximate surface area is 200 Å². The number of nitrogens with one attached hydrogen (secondary N) is 1. The number of ether oxygens (including phenoxy) is 1. The van der Waals surface area contributed by atoms with Crippen LogP contribution in [-0.2, 0) is 4.79 Å². The van der Waals surface area contributed by atoms with Gasteiger partial charge in [0, 0.05) is 31.9 Å². The Bertz CT molecular complexity index is 1090. The summed E-state index contributed by atoms with van der Waals surface area (Å²) in [6.07, 6.45) is 6.25. The molecule has 4 rings (SSSR count). The molecule has 8 heteroatoms. The van der Waals surface area contributed by atoms with E-state index in [4.69, 9.17) is 10.5 Å². The maximum absolute atomic E-state index is 12.0. The molecule has 0 atom stereocenters. The number of nitrogens with zero attached hydrogens (tertiary/aromatic N) is 3. The van der Waals surface area contributed by atoms with Crippen LogP contribution in [0.5, 0.6) is 5.75 Å². The molecule has 34 heavy (non-hydrogen) atoms. The molecule has 3 heterocycles. The van der Waals surface area contributed by atoms with Crippen LogP contribution in [0.25, 0.3) is 5.57 Å². The summed E-state index contributed by atoms with van der Waals surface area (Å²) in [5.74, 6) is 0.587. The molecule has 3 N–H and O–H groups in total. The second kappa shape index (κ2) is 10.5. The van der Waals surface area contributed by atoms with Crippen molar-refractivity contribution < 1.29 is 14.3 Å². The van der Waals surface area contributed by atoms with Crippen molar-refractivity contribution in [2.45, 2.75) is 25.4 Å². The number of rotatable bonds is 7. The van der Waals surface area contributed by atoms with Gasteiger partial charge in [-0.2, -0.15) is 0 Å². The van der Waals surface area contributed by atoms with Crippen LogP contribution in [0.2, 0.25) is 0 Å². The van der Waals surface area contributed by atoms with Gasteiger partial charge in [0.15, 0.2) is 0 Å². The molecule has 2 amide bonds. The maximum atomic E-state index is 12.0. The lowest BCUT2D eigenvalue weighted by molar-refractivity contribution is -0.125. The molecule has 8 nitrogen and oxygen atoms in total. The third-order valence-corrected chi connectivity index (χ3v) is 6.27. The molecule has 1 aromatic carbocycles. The topological polar surface area (TPSA) is 101 Å². The van der Waals surface area contributed by atoms with Gasteiger partial charge in [-0.15, -0.1) is 0 Å². The monoisotopic (exact) mass is 461 g/mol. The predicted octanol–water partition coefficient (Wildman–Crippen LogP) is 3.20. The highest BCUT2D eigenvalue weighted by Gasteiger charge is 2.20. The van der Waals surface area contributed by atoms with Crippen LogP contribution in [0.3, 0.4) is 0 Å². The first-order valence-corrected chi connectivity index (χ1v) is 11.6. The van der Waals surface area contributed by atoms with E-state index in [0.29, 0.717) is 30.9 Å². The Kier molecular flexibility index (Phi) is 7.27. The van der Waals surface area contributed by atoms with Crippen molar-refractivity contribution in [2.24, 2.45) is 5.73 Å². The van der Waals surface area contributed by atoms with E-state index in [1.54, 1.807) is 17.0 Å². The molecule has 1 aromatic heterocycles. The second-order valence-electron chi connectivity index (χ2n) is 8.69. The maximum Gasteiger partial charge on any atom is 0.252 e. The Balaban J connectivity index is 1.47. The van der Waals surface area contributed by atoms with E-state index >= 15 is 0 Å². The Morgan fingerprint density at radius 3 is 2.50 bits per heavy atom. The van der Waals surface area contributed by atoms with E-state index in [1.807, 2.05) is 30.3 Å². The number of benzene rings is 1. The number of amides is 2. The Morgan fingerprint density at radius 1 is 1.15 bits per heavy atom. The van der Waals surface area contributed by atoms with Crippen molar-refractivity contribution in [2.75, 3.05) is 38.5 Å². The normalized spacial score (nSPS) is 17.1. The van der Waals surface area contributed by atoms with Gasteiger partial charge in [-0.1, -0.05) is 12.7 Å². The second-order valence-corrected chi connectivity index (χ2v) is 8.69. The van der Waals surface area contributed by atoms with Crippen molar-refractivity contribution in [1.29, 1.82) is 0 Å². The van der Waals surface area contributed by atoms with Gasteiger partial charge in [0.05, 0.1) is 11.3 Å². The highest BCUT2D eigenvalue weighted by atomic mass is 16.5. The van der Waals surface area contributed by atoms with E-state index < -0.39 is 5.91 Å². The fourth-order valence-corrected chi connectivity index (χ4v) is 4.21. The van der Waals surface area contributed by atoms with Gasteiger partial charge in [-0.3, -0.25) is 9.59 Å². The zero-order valence-electron chi connectivity index (χ0n) is 19.5. The minimum atomic E-state index is -0.552. The molecule has 0 bridgehead atoms. The van der Waals surface area contributed by atoms with Gasteiger partial charge in [0.25, 0.3) is 5.91 Å². The molecule has 0 radical (unpaired) electrons. The minimum Gasteiger partial charge on any atom is -0.490 e. The van der Waals surface area contributed by atoms with E-state index in [2.05, 4.69) is 28.8 Å². The molecule has 1 fully saturated rings. The number of carbonyl (C=O) groups excluding carboxylic acids is 2. The van der Waals surface area contributed by atoms with E-state index in [-0.39, 0.29) is 12.0 Å². The fraction of sp³-hybridized carbons (Fsp3) is 0.346. The lowest BCUT2D eigenvalue weighted by Crippen LogP contribution is -2.35. The van der Waals surface area contributed by atoms with Crippen LogP contribution in [0.1, 0.15) is 35.3 Å². The quantitative estimate of drug-likeness (QED) is 0.614. The van der Waals surface area contributed by atoms with Gasteiger partial charge in [0.1, 0.15) is 17.7 Å². The SMILES string of the molecule is C=CC(=O)N1CC=C(c2ccc(C(N)=O)c(Nc3ccc(OC4CCN(C)CC4)cc3)n2)CC1. The van der Waals surface area contributed by atoms with Crippen molar-refractivity contribution in [3.63, 3.8) is 0 Å². The summed E-state index contributed by atoms with van der Waals surface area (Å²) in [4.78, 5) is 32.5. The number of piperidine rings is 1. The number of anilines is 2. The van der Waals surface area contributed by atoms with Crippen molar-refractivity contribution >= 4 is 28.9 Å². The van der Waals surface area contributed by atoms with Crippen molar-refractivity contribution in [1.82, 2.24) is 14.8 Å². The number of hydrogen-bond acceptors (Lipinski definition) is 6. The fourth-order valence-electron chi connectivity index (χ4n) is 4.21. The van der Waals surface area contributed by atoms with Crippen LogP contribution in [-0.4, -0.2) is 65.9 Å². The molecular weight excluding hydrogens is 430 g/mol. The smallest absolute Gasteiger partial charge is 0.252 e. The third kappa shape index (κ3) is 5.63. The summed E-state index contributed by atoms with van der Waals surface area (Å²) in [7, 11) is 2.13. The van der Waals surface area contributed by atoms with Crippen LogP contribution < -0.4 is 15.8 Å². The van der Waals surface area contributed by atoms with Crippen LogP contribution in [0.4, 0.5) is 11.5 Å². The van der Waals surface area contributed by atoms with E-state index in [9.17, 15) is 9.59 Å². The first kappa shape index (κ1) is 23.5. The van der Waals surface area contributed by atoms with Gasteiger partial charge in [0.2, 0.25) is 5.91 Å². The zero-order valence-corrected chi connectivity index (χ0v) is 19.5. The molecule has 2 aromatic rings. The van der Waals surface area contributed by atoms with E-state index in [1.165, 1.54) is 6.08 Å². The van der Waals surface area contributed by atoms with E-state index in [0.717, 1.165) is 48.6 Å². The number of primary amides is 1. The molecule has 178 valence electrons. The molecule has 2 aliphatic rings. The summed E-state index contributed by atoms with van der Waals surface area (Å²) in [5, 5.41) is 3.23. The van der Waals surface area contributed by atoms with Gasteiger partial charge in [-0.05, 0) is 74.4 Å². The van der Waals surface area contributed by atoms with Crippen LogP contribution in [0.15, 0.2) is 55.1 Å². The number of nitrogens with two attached hydrogens (primary N) is 1. The zero-order chi connectivity index (χ0) is 24.1. The summed E-state index contributed by atoms with van der Waals surface area (Å²) < 4.78 is 6.12. The molecule has 1 saturated heterocycles. The van der Waals surface area contributed by atoms with Gasteiger partial charge in [-0.25, -0.2) is 4.98 Å². The predicted molar refractivity (Wildman–Crippen MR) is 133 cm³/mol. The number of carbonyl (C=O) groups is 2. The minimum absolute atomic E-state index is 0.0852. The average Bonchev–Trinajstić information content (AvgIpc) is 2.86. The number of pyridine rings is 1. The lowest BCUT2D eigenvalue weighted by Gasteiger charge is -2.29. The number of likely N-dealkylation sites (tertiary alicyclic amines) is 1. The first-order chi connectivity index (χ1) is 16.4. The lowest BCUT2D eigenvalue weighted by atomic mass is 10.0. The van der Waals surface area contributed by atoms with Crippen molar-refractivity contribution in [3.8, 4) is 5.75 Å². The largest absolute Gasteiger partial charge is 0.490 e. The Morgan fingerprint density at radius 2 is 1.88 bits per heavy atom. The summed E-state index contributed by atoms with van der Waals surface area (Å²) in [6.45, 7) is 6.72. The summed E-state index contributed by atoms with van der Waals surface area (Å²) >= 11 is 0. The van der Waals surface area contributed by atoms with Gasteiger partial charge >= 0.3 is 0 Å². The number of aromatic nitrogens is 1. The third-order valence-electron chi connectivity index (χ3n) is 6.27. The standard InChI is InChI=1S/C26H31N5O3/c1-3-24(32)31-16-10-18(11-17-31)23-9-8-22(25(27)33)26(29-23)28-19-4-6-20(7-5-19)34-21-12-14-30(2)15-13-21/h3-10,21H,1,11-17H2,2H3,(H2,27,33)(H,28,29). The molecule has 0 unspecified atom stereocenters. The molecule has 2 aliphatic heterocycles. The highest BCUT2D eigenvalue weighted by Crippen LogP contribution is 2.27. The first-order valence-electron chi connectivity index (χ1n) is 11.6. The van der Waals surface area contributed by atoms with Crippen molar-refractivity contribution in [3.05, 3.63) is 66.4 Å². The van der Waals surface area contributed by atoms with Gasteiger partial charge < -0.3 is 25.6 Å². The van der Waals surface area contributed by atoms with Crippen LogP contribution in [0, 0.1) is 0 Å². The summed E-state index contributed by atoms with van der Waals surface area (Å²) in [6, 6.07) is 11.1. The molecule has 0 saturated carbocycles. The van der Waals surface area contributed by atoms with Crippen LogP contribution >= 0.6 is 0 Å². The Hall–Kier alpha value is -3.65. The number of hydrogen-bond donors (Lipinski definition) is 2. The molecular formula is C26H31N5O3. The highest BCUT2D eigenvalue weighted by molar-refractivity contribution is 5.98.